The molecule has 1 fully saturated rings. The molecule has 1 aliphatic rings. The summed E-state index contributed by atoms with van der Waals surface area (Å²) >= 11 is 0. The summed E-state index contributed by atoms with van der Waals surface area (Å²) < 4.78 is 0. The Balaban J connectivity index is 1.99. The lowest BCUT2D eigenvalue weighted by Crippen LogP contribution is -2.43. The predicted molar refractivity (Wildman–Crippen MR) is 68.4 cm³/mol. The summed E-state index contributed by atoms with van der Waals surface area (Å²) in [6.45, 7) is 4.13. The average molecular weight is 218 g/mol. The molecule has 0 heterocycles. The van der Waals surface area contributed by atoms with Gasteiger partial charge < -0.3 is 5.73 Å². The topological polar surface area (TPSA) is 29.3 Å². The summed E-state index contributed by atoms with van der Waals surface area (Å²) in [5.74, 6) is 0. The van der Waals surface area contributed by atoms with Crippen LogP contribution in [0.15, 0.2) is 30.3 Å². The molecular formula is C14H22N2. The Morgan fingerprint density at radius 1 is 1.31 bits per heavy atom. The van der Waals surface area contributed by atoms with Crippen LogP contribution in [0, 0.1) is 0 Å². The summed E-state index contributed by atoms with van der Waals surface area (Å²) in [6.07, 6.45) is 3.81. The Morgan fingerprint density at radius 3 is 2.50 bits per heavy atom. The molecule has 0 aliphatic heterocycles. The van der Waals surface area contributed by atoms with E-state index in [9.17, 15) is 0 Å². The number of nitrogens with zero attached hydrogens (tertiary/aromatic N) is 1. The molecule has 2 nitrogen and oxygen atoms in total. The molecule has 1 aliphatic carbocycles. The van der Waals surface area contributed by atoms with Gasteiger partial charge in [-0.15, -0.1) is 0 Å². The molecule has 0 spiro atoms. The van der Waals surface area contributed by atoms with Gasteiger partial charge in [-0.05, 0) is 31.4 Å². The van der Waals surface area contributed by atoms with Crippen LogP contribution in [0.2, 0.25) is 0 Å². The van der Waals surface area contributed by atoms with Crippen molar-refractivity contribution in [3.8, 4) is 0 Å². The molecule has 0 radical (unpaired) electrons. The standard InChI is InChI=1S/C14H22N2/c1-2-16(13-8-9-13)14(11-15)10-12-6-4-3-5-7-12/h3-7,13-14H,2,8-11,15H2,1H3. The average Bonchev–Trinajstić information content (AvgIpc) is 3.14. The van der Waals surface area contributed by atoms with Crippen molar-refractivity contribution in [1.82, 2.24) is 4.90 Å². The highest BCUT2D eigenvalue weighted by atomic mass is 15.2. The second-order valence-electron chi connectivity index (χ2n) is 4.64. The van der Waals surface area contributed by atoms with Gasteiger partial charge in [-0.3, -0.25) is 4.90 Å². The molecule has 0 amide bonds. The maximum absolute atomic E-state index is 5.92. The van der Waals surface area contributed by atoms with Gasteiger partial charge in [-0.2, -0.15) is 0 Å². The molecule has 0 aromatic heterocycles. The number of nitrogens with two attached hydrogens (primary N) is 1. The molecule has 2 N–H and O–H groups in total. The van der Waals surface area contributed by atoms with Crippen LogP contribution in [0.3, 0.4) is 0 Å². The Kier molecular flexibility index (Phi) is 3.97. The van der Waals surface area contributed by atoms with Crippen molar-refractivity contribution in [2.45, 2.75) is 38.3 Å². The zero-order chi connectivity index (χ0) is 11.4. The number of likely N-dealkylation sites (N-methyl/N-ethyl adjacent to an activating group) is 1. The van der Waals surface area contributed by atoms with E-state index in [-0.39, 0.29) is 0 Å². The van der Waals surface area contributed by atoms with E-state index in [1.807, 2.05) is 0 Å². The molecule has 1 aromatic carbocycles. The van der Waals surface area contributed by atoms with E-state index in [0.717, 1.165) is 25.6 Å². The van der Waals surface area contributed by atoms with E-state index in [1.54, 1.807) is 0 Å². The van der Waals surface area contributed by atoms with Gasteiger partial charge in [0.2, 0.25) is 0 Å². The normalized spacial score (nSPS) is 17.7. The summed E-state index contributed by atoms with van der Waals surface area (Å²) in [6, 6.07) is 12.0. The molecule has 16 heavy (non-hydrogen) atoms. The summed E-state index contributed by atoms with van der Waals surface area (Å²) in [5.41, 5.74) is 7.32. The van der Waals surface area contributed by atoms with Crippen molar-refractivity contribution in [3.05, 3.63) is 35.9 Å². The number of hydrogen-bond donors (Lipinski definition) is 1. The molecule has 2 heteroatoms. The van der Waals surface area contributed by atoms with Crippen LogP contribution in [0.25, 0.3) is 0 Å². The Labute approximate surface area is 98.4 Å². The molecule has 1 unspecified atom stereocenters. The predicted octanol–water partition coefficient (Wildman–Crippen LogP) is 2.04. The first-order valence-electron chi connectivity index (χ1n) is 6.35. The zero-order valence-corrected chi connectivity index (χ0v) is 10.1. The van der Waals surface area contributed by atoms with Gasteiger partial charge >= 0.3 is 0 Å². The molecule has 1 saturated carbocycles. The number of hydrogen-bond acceptors (Lipinski definition) is 2. The smallest absolute Gasteiger partial charge is 0.0261 e. The second-order valence-corrected chi connectivity index (χ2v) is 4.64. The lowest BCUT2D eigenvalue weighted by molar-refractivity contribution is 0.199. The Morgan fingerprint density at radius 2 is 2.00 bits per heavy atom. The largest absolute Gasteiger partial charge is 0.329 e. The Hall–Kier alpha value is -0.860. The van der Waals surface area contributed by atoms with Gasteiger partial charge in [-0.1, -0.05) is 37.3 Å². The molecule has 0 saturated heterocycles. The molecule has 1 aromatic rings. The highest BCUT2D eigenvalue weighted by molar-refractivity contribution is 5.16. The lowest BCUT2D eigenvalue weighted by atomic mass is 10.0. The highest BCUT2D eigenvalue weighted by Gasteiger charge is 2.32. The summed E-state index contributed by atoms with van der Waals surface area (Å²) in [7, 11) is 0. The van der Waals surface area contributed by atoms with Gasteiger partial charge in [0.05, 0.1) is 0 Å². The number of benzene rings is 1. The van der Waals surface area contributed by atoms with Crippen molar-refractivity contribution >= 4 is 0 Å². The quantitative estimate of drug-likeness (QED) is 0.791. The van der Waals surface area contributed by atoms with Crippen molar-refractivity contribution in [1.29, 1.82) is 0 Å². The fraction of sp³-hybridized carbons (Fsp3) is 0.571. The fourth-order valence-electron chi connectivity index (χ4n) is 2.44. The zero-order valence-electron chi connectivity index (χ0n) is 10.1. The SMILES string of the molecule is CCN(C1CC1)C(CN)Cc1ccccc1. The molecule has 1 atom stereocenters. The van der Waals surface area contributed by atoms with Gasteiger partial charge in [0.15, 0.2) is 0 Å². The van der Waals surface area contributed by atoms with Crippen LogP contribution in [0.5, 0.6) is 0 Å². The lowest BCUT2D eigenvalue weighted by Gasteiger charge is -2.30. The van der Waals surface area contributed by atoms with Gasteiger partial charge in [0.1, 0.15) is 0 Å². The van der Waals surface area contributed by atoms with E-state index < -0.39 is 0 Å². The molecule has 0 bridgehead atoms. The molecule has 88 valence electrons. The fourth-order valence-corrected chi connectivity index (χ4v) is 2.44. The van der Waals surface area contributed by atoms with E-state index in [0.29, 0.717) is 6.04 Å². The van der Waals surface area contributed by atoms with Gasteiger partial charge in [0, 0.05) is 18.6 Å². The minimum absolute atomic E-state index is 0.514. The van der Waals surface area contributed by atoms with Crippen molar-refractivity contribution in [2.75, 3.05) is 13.1 Å². The third-order valence-corrected chi connectivity index (χ3v) is 3.44. The summed E-state index contributed by atoms with van der Waals surface area (Å²) in [4.78, 5) is 2.58. The second kappa shape index (κ2) is 5.46. The minimum atomic E-state index is 0.514. The number of rotatable bonds is 6. The molecular weight excluding hydrogens is 196 g/mol. The van der Waals surface area contributed by atoms with Crippen LogP contribution in [0.4, 0.5) is 0 Å². The molecule has 2 rings (SSSR count). The Bertz CT molecular complexity index is 306. The van der Waals surface area contributed by atoms with Crippen molar-refractivity contribution in [3.63, 3.8) is 0 Å². The first kappa shape index (κ1) is 11.6. The monoisotopic (exact) mass is 218 g/mol. The van der Waals surface area contributed by atoms with Crippen molar-refractivity contribution in [2.24, 2.45) is 5.73 Å². The van der Waals surface area contributed by atoms with Crippen LogP contribution in [-0.2, 0) is 6.42 Å². The van der Waals surface area contributed by atoms with Crippen LogP contribution in [0.1, 0.15) is 25.3 Å². The maximum Gasteiger partial charge on any atom is 0.0261 e. The minimum Gasteiger partial charge on any atom is -0.329 e. The van der Waals surface area contributed by atoms with Crippen LogP contribution >= 0.6 is 0 Å². The third kappa shape index (κ3) is 2.83. The van der Waals surface area contributed by atoms with E-state index in [4.69, 9.17) is 5.73 Å². The third-order valence-electron chi connectivity index (χ3n) is 3.44. The van der Waals surface area contributed by atoms with Crippen molar-refractivity contribution < 1.29 is 0 Å². The van der Waals surface area contributed by atoms with E-state index >= 15 is 0 Å². The first-order valence-corrected chi connectivity index (χ1v) is 6.35. The first-order chi connectivity index (χ1) is 7.85. The maximum atomic E-state index is 5.92. The van der Waals surface area contributed by atoms with Crippen LogP contribution < -0.4 is 5.73 Å². The summed E-state index contributed by atoms with van der Waals surface area (Å²) in [5, 5.41) is 0. The van der Waals surface area contributed by atoms with Crippen LogP contribution in [-0.4, -0.2) is 30.1 Å². The van der Waals surface area contributed by atoms with E-state index in [2.05, 4.69) is 42.2 Å². The highest BCUT2D eigenvalue weighted by Crippen LogP contribution is 2.28. The van der Waals surface area contributed by atoms with E-state index in [1.165, 1.54) is 18.4 Å². The van der Waals surface area contributed by atoms with Gasteiger partial charge in [0.25, 0.3) is 0 Å². The van der Waals surface area contributed by atoms with Gasteiger partial charge in [-0.25, -0.2) is 0 Å².